The van der Waals surface area contributed by atoms with Crippen LogP contribution in [0.2, 0.25) is 5.02 Å². The van der Waals surface area contributed by atoms with E-state index in [2.05, 4.69) is 15.3 Å². The maximum Gasteiger partial charge on any atom is 0.341 e. The van der Waals surface area contributed by atoms with Crippen LogP contribution in [0.15, 0.2) is 36.5 Å². The van der Waals surface area contributed by atoms with Crippen LogP contribution in [0.4, 0.5) is 17.1 Å². The molecule has 1 N–H and O–H groups in total. The number of fused-ring (bicyclic) bond motifs is 1. The molecular formula is C18H15ClN4O4. The number of nitro benzene ring substituents is 1. The van der Waals surface area contributed by atoms with E-state index in [9.17, 15) is 14.9 Å². The van der Waals surface area contributed by atoms with Gasteiger partial charge in [0, 0.05) is 29.4 Å². The molecular weight excluding hydrogens is 372 g/mol. The van der Waals surface area contributed by atoms with Crippen LogP contribution in [0.5, 0.6) is 0 Å². The Balaban J connectivity index is 2.14. The van der Waals surface area contributed by atoms with Crippen LogP contribution in [-0.2, 0) is 4.74 Å². The molecule has 0 aliphatic rings. The summed E-state index contributed by atoms with van der Waals surface area (Å²) in [4.78, 5) is 31.3. The zero-order valence-corrected chi connectivity index (χ0v) is 15.3. The van der Waals surface area contributed by atoms with E-state index >= 15 is 0 Å². The molecule has 0 saturated carbocycles. The Kier molecular flexibility index (Phi) is 5.18. The van der Waals surface area contributed by atoms with Gasteiger partial charge in [-0.2, -0.15) is 0 Å². The first-order chi connectivity index (χ1) is 12.9. The molecule has 8 nitrogen and oxygen atoms in total. The maximum atomic E-state index is 12.3. The highest BCUT2D eigenvalue weighted by atomic mass is 35.5. The van der Waals surface area contributed by atoms with E-state index in [-0.39, 0.29) is 22.9 Å². The molecule has 0 aliphatic heterocycles. The number of benzene rings is 1. The highest BCUT2D eigenvalue weighted by Gasteiger charge is 2.19. The van der Waals surface area contributed by atoms with Crippen molar-refractivity contribution in [2.45, 2.75) is 13.8 Å². The van der Waals surface area contributed by atoms with Gasteiger partial charge in [0.1, 0.15) is 5.56 Å². The monoisotopic (exact) mass is 386 g/mol. The number of hydrogen-bond donors (Lipinski definition) is 1. The number of halogens is 1. The Morgan fingerprint density at radius 1 is 1.33 bits per heavy atom. The molecule has 0 fully saturated rings. The van der Waals surface area contributed by atoms with Gasteiger partial charge in [0.25, 0.3) is 5.69 Å². The minimum absolute atomic E-state index is 0.131. The summed E-state index contributed by atoms with van der Waals surface area (Å²) in [6, 6.07) is 7.61. The average molecular weight is 387 g/mol. The van der Waals surface area contributed by atoms with Gasteiger partial charge in [0.05, 0.1) is 27.9 Å². The highest BCUT2D eigenvalue weighted by molar-refractivity contribution is 6.33. The Bertz CT molecular complexity index is 1050. The number of nitrogens with zero attached hydrogens (tertiary/aromatic N) is 3. The van der Waals surface area contributed by atoms with Gasteiger partial charge in [0.2, 0.25) is 0 Å². The van der Waals surface area contributed by atoms with Gasteiger partial charge in [-0.05, 0) is 32.0 Å². The van der Waals surface area contributed by atoms with Crippen molar-refractivity contribution >= 4 is 45.7 Å². The van der Waals surface area contributed by atoms with Gasteiger partial charge in [-0.1, -0.05) is 11.6 Å². The van der Waals surface area contributed by atoms with Crippen molar-refractivity contribution < 1.29 is 14.5 Å². The van der Waals surface area contributed by atoms with E-state index in [0.717, 1.165) is 5.69 Å². The van der Waals surface area contributed by atoms with E-state index in [1.165, 1.54) is 24.4 Å². The molecule has 0 aliphatic carbocycles. The zero-order valence-electron chi connectivity index (χ0n) is 14.5. The van der Waals surface area contributed by atoms with Crippen LogP contribution in [-0.4, -0.2) is 27.5 Å². The van der Waals surface area contributed by atoms with Crippen molar-refractivity contribution in [3.63, 3.8) is 0 Å². The Morgan fingerprint density at radius 3 is 2.78 bits per heavy atom. The third kappa shape index (κ3) is 3.80. The summed E-state index contributed by atoms with van der Waals surface area (Å²) in [6.45, 7) is 3.75. The second-order valence-electron chi connectivity index (χ2n) is 5.64. The third-order valence-corrected chi connectivity index (χ3v) is 4.10. The molecule has 2 heterocycles. The number of carbonyl (C=O) groups is 1. The van der Waals surface area contributed by atoms with Crippen molar-refractivity contribution in [2.75, 3.05) is 11.9 Å². The van der Waals surface area contributed by atoms with Crippen molar-refractivity contribution in [3.8, 4) is 0 Å². The largest absolute Gasteiger partial charge is 0.462 e. The third-order valence-electron chi connectivity index (χ3n) is 3.79. The van der Waals surface area contributed by atoms with E-state index in [4.69, 9.17) is 16.3 Å². The fourth-order valence-corrected chi connectivity index (χ4v) is 2.75. The van der Waals surface area contributed by atoms with Gasteiger partial charge in [-0.25, -0.2) is 14.8 Å². The number of rotatable bonds is 5. The van der Waals surface area contributed by atoms with Crippen LogP contribution in [0.3, 0.4) is 0 Å². The van der Waals surface area contributed by atoms with E-state index in [1.807, 2.05) is 6.92 Å². The zero-order chi connectivity index (χ0) is 19.6. The Labute approximate surface area is 159 Å². The molecule has 138 valence electrons. The van der Waals surface area contributed by atoms with Crippen molar-refractivity contribution in [2.24, 2.45) is 0 Å². The number of ether oxygens (including phenoxy) is 1. The number of non-ortho nitro benzene ring substituents is 1. The molecule has 0 saturated heterocycles. The highest BCUT2D eigenvalue weighted by Crippen LogP contribution is 2.34. The standard InChI is InChI=1S/C18H15ClN4O4/c1-3-27-18(24)13-9-20-17-12(6-4-10(2)21-17)16(13)22-15-7-5-11(23(25)26)8-14(15)19/h4-9H,3H2,1-2H3,(H,20,21,22). The minimum Gasteiger partial charge on any atom is -0.462 e. The van der Waals surface area contributed by atoms with Crippen molar-refractivity contribution in [1.29, 1.82) is 0 Å². The molecule has 0 radical (unpaired) electrons. The summed E-state index contributed by atoms with van der Waals surface area (Å²) in [6.07, 6.45) is 1.38. The number of nitro groups is 1. The van der Waals surface area contributed by atoms with Crippen molar-refractivity contribution in [3.05, 3.63) is 62.9 Å². The summed E-state index contributed by atoms with van der Waals surface area (Å²) in [5.41, 5.74) is 2.13. The summed E-state index contributed by atoms with van der Waals surface area (Å²) in [5.74, 6) is -0.548. The SMILES string of the molecule is CCOC(=O)c1cnc2nc(C)ccc2c1Nc1ccc([N+](=O)[O-])cc1Cl. The first-order valence-corrected chi connectivity index (χ1v) is 8.43. The summed E-state index contributed by atoms with van der Waals surface area (Å²) in [7, 11) is 0. The molecule has 0 atom stereocenters. The number of aryl methyl sites for hydroxylation is 1. The quantitative estimate of drug-likeness (QED) is 0.392. The topological polar surface area (TPSA) is 107 Å². The molecule has 27 heavy (non-hydrogen) atoms. The number of carbonyl (C=O) groups excluding carboxylic acids is 1. The number of pyridine rings is 2. The fourth-order valence-electron chi connectivity index (χ4n) is 2.52. The molecule has 3 rings (SSSR count). The van der Waals surface area contributed by atoms with Gasteiger partial charge < -0.3 is 10.1 Å². The molecule has 3 aromatic rings. The second-order valence-corrected chi connectivity index (χ2v) is 6.04. The molecule has 0 amide bonds. The summed E-state index contributed by atoms with van der Waals surface area (Å²) in [5, 5.41) is 14.7. The molecule has 9 heteroatoms. The molecule has 1 aromatic carbocycles. The first-order valence-electron chi connectivity index (χ1n) is 8.05. The number of aromatic nitrogens is 2. The first kappa shape index (κ1) is 18.5. The van der Waals surface area contributed by atoms with Crippen LogP contribution in [0, 0.1) is 17.0 Å². The van der Waals surface area contributed by atoms with Gasteiger partial charge in [0.15, 0.2) is 5.65 Å². The van der Waals surface area contributed by atoms with Gasteiger partial charge in [-0.3, -0.25) is 10.1 Å². The molecule has 0 bridgehead atoms. The molecule has 0 spiro atoms. The van der Waals surface area contributed by atoms with Gasteiger partial charge >= 0.3 is 5.97 Å². The normalized spacial score (nSPS) is 10.6. The molecule has 2 aromatic heterocycles. The van der Waals surface area contributed by atoms with E-state index in [0.29, 0.717) is 22.4 Å². The lowest BCUT2D eigenvalue weighted by atomic mass is 10.1. The van der Waals surface area contributed by atoms with Crippen molar-refractivity contribution in [1.82, 2.24) is 9.97 Å². The summed E-state index contributed by atoms with van der Waals surface area (Å²) < 4.78 is 5.10. The number of hydrogen-bond acceptors (Lipinski definition) is 7. The lowest BCUT2D eigenvalue weighted by Crippen LogP contribution is -2.10. The van der Waals surface area contributed by atoms with Crippen LogP contribution >= 0.6 is 11.6 Å². The number of anilines is 2. The lowest BCUT2D eigenvalue weighted by molar-refractivity contribution is -0.384. The average Bonchev–Trinajstić information content (AvgIpc) is 2.63. The number of nitrogens with one attached hydrogen (secondary N) is 1. The Hall–Kier alpha value is -3.26. The van der Waals surface area contributed by atoms with Crippen LogP contribution in [0.1, 0.15) is 23.0 Å². The van der Waals surface area contributed by atoms with Crippen LogP contribution < -0.4 is 5.32 Å². The minimum atomic E-state index is -0.548. The van der Waals surface area contributed by atoms with Gasteiger partial charge in [-0.15, -0.1) is 0 Å². The smallest absolute Gasteiger partial charge is 0.341 e. The van der Waals surface area contributed by atoms with Crippen LogP contribution in [0.25, 0.3) is 11.0 Å². The predicted octanol–water partition coefficient (Wildman–Crippen LogP) is 4.42. The lowest BCUT2D eigenvalue weighted by Gasteiger charge is -2.15. The fraction of sp³-hybridized carbons (Fsp3) is 0.167. The van der Waals surface area contributed by atoms with E-state index < -0.39 is 10.9 Å². The summed E-state index contributed by atoms with van der Waals surface area (Å²) >= 11 is 6.18. The van der Waals surface area contributed by atoms with E-state index in [1.54, 1.807) is 19.1 Å². The Morgan fingerprint density at radius 2 is 2.11 bits per heavy atom. The maximum absolute atomic E-state index is 12.3. The second kappa shape index (κ2) is 7.55. The molecule has 0 unspecified atom stereocenters. The predicted molar refractivity (Wildman–Crippen MR) is 102 cm³/mol. The number of esters is 1.